The molecule has 2 nitrogen and oxygen atoms in total. The van der Waals surface area contributed by atoms with E-state index in [2.05, 4.69) is 25.7 Å². The Kier molecular flexibility index (Phi) is 3.60. The number of hydrogen-bond donors (Lipinski definition) is 0. The fourth-order valence-electron chi connectivity index (χ4n) is 1.73. The molecule has 0 radical (unpaired) electrons. The number of rotatable bonds is 2. The summed E-state index contributed by atoms with van der Waals surface area (Å²) in [5.74, 6) is 0. The maximum Gasteiger partial charge on any atom is 0.0642 e. The van der Waals surface area contributed by atoms with Crippen LogP contribution in [-0.2, 0) is 4.74 Å². The summed E-state index contributed by atoms with van der Waals surface area (Å²) in [5, 5.41) is 0. The van der Waals surface area contributed by atoms with E-state index in [9.17, 15) is 0 Å². The monoisotopic (exact) mass is 169 g/mol. The van der Waals surface area contributed by atoms with Crippen LogP contribution >= 0.6 is 0 Å². The van der Waals surface area contributed by atoms with Crippen LogP contribution in [-0.4, -0.2) is 31.2 Å². The molecule has 0 atom stereocenters. The summed E-state index contributed by atoms with van der Waals surface area (Å²) in [4.78, 5) is 2.44. The first kappa shape index (κ1) is 9.59. The van der Waals surface area contributed by atoms with Gasteiger partial charge in [0.05, 0.1) is 13.2 Å². The summed E-state index contributed by atoms with van der Waals surface area (Å²) >= 11 is 0. The Hall–Kier alpha value is -0.500. The van der Waals surface area contributed by atoms with Gasteiger partial charge in [0, 0.05) is 18.8 Å². The zero-order chi connectivity index (χ0) is 8.97. The van der Waals surface area contributed by atoms with Gasteiger partial charge in [-0.3, -0.25) is 0 Å². The third-order valence-corrected chi connectivity index (χ3v) is 2.30. The number of morpholine rings is 1. The lowest BCUT2D eigenvalue weighted by Gasteiger charge is -2.31. The van der Waals surface area contributed by atoms with Crippen molar-refractivity contribution in [3.8, 4) is 0 Å². The molecule has 0 N–H and O–H groups in total. The van der Waals surface area contributed by atoms with E-state index in [0.717, 1.165) is 32.7 Å². The van der Waals surface area contributed by atoms with Crippen molar-refractivity contribution in [3.63, 3.8) is 0 Å². The maximum atomic E-state index is 5.31. The van der Waals surface area contributed by atoms with Gasteiger partial charge in [0.15, 0.2) is 0 Å². The summed E-state index contributed by atoms with van der Waals surface area (Å²) in [7, 11) is 0. The van der Waals surface area contributed by atoms with Crippen LogP contribution in [0.2, 0.25) is 0 Å². The zero-order valence-electron chi connectivity index (χ0n) is 8.39. The second kappa shape index (κ2) is 4.51. The molecule has 1 rings (SSSR count). The molecule has 1 saturated heterocycles. The van der Waals surface area contributed by atoms with Crippen molar-refractivity contribution in [1.82, 2.24) is 4.90 Å². The van der Waals surface area contributed by atoms with Gasteiger partial charge >= 0.3 is 0 Å². The number of hydrogen-bond acceptors (Lipinski definition) is 2. The van der Waals surface area contributed by atoms with E-state index in [-0.39, 0.29) is 0 Å². The molecule has 0 aliphatic carbocycles. The van der Waals surface area contributed by atoms with Crippen LogP contribution in [0, 0.1) is 0 Å². The molecular weight excluding hydrogens is 150 g/mol. The van der Waals surface area contributed by atoms with E-state index in [1.165, 1.54) is 11.3 Å². The van der Waals surface area contributed by atoms with Crippen molar-refractivity contribution < 1.29 is 4.74 Å². The first-order valence-corrected chi connectivity index (χ1v) is 4.74. The first-order valence-electron chi connectivity index (χ1n) is 4.74. The lowest BCUT2D eigenvalue weighted by molar-refractivity contribution is 0.0518. The van der Waals surface area contributed by atoms with Crippen LogP contribution in [0.5, 0.6) is 0 Å². The molecule has 1 aliphatic rings. The Morgan fingerprint density at radius 1 is 1.25 bits per heavy atom. The van der Waals surface area contributed by atoms with Gasteiger partial charge in [-0.2, -0.15) is 0 Å². The molecule has 0 aromatic carbocycles. The van der Waals surface area contributed by atoms with E-state index in [1.807, 2.05) is 0 Å². The Bertz CT molecular complexity index is 165. The van der Waals surface area contributed by atoms with Gasteiger partial charge in [0.25, 0.3) is 0 Å². The van der Waals surface area contributed by atoms with Crippen LogP contribution in [0.15, 0.2) is 11.3 Å². The molecular formula is C10H19NO. The Morgan fingerprint density at radius 2 is 1.83 bits per heavy atom. The molecule has 2 heteroatoms. The van der Waals surface area contributed by atoms with Crippen molar-refractivity contribution in [2.45, 2.75) is 27.2 Å². The van der Waals surface area contributed by atoms with E-state index in [1.54, 1.807) is 0 Å². The van der Waals surface area contributed by atoms with Crippen molar-refractivity contribution in [3.05, 3.63) is 11.3 Å². The third-order valence-electron chi connectivity index (χ3n) is 2.30. The maximum absolute atomic E-state index is 5.31. The Morgan fingerprint density at radius 3 is 2.25 bits per heavy atom. The van der Waals surface area contributed by atoms with Gasteiger partial charge in [-0.15, -0.1) is 0 Å². The van der Waals surface area contributed by atoms with Crippen LogP contribution in [0.25, 0.3) is 0 Å². The fraction of sp³-hybridized carbons (Fsp3) is 0.800. The van der Waals surface area contributed by atoms with Crippen LogP contribution in [0.4, 0.5) is 0 Å². The van der Waals surface area contributed by atoms with Gasteiger partial charge in [0.1, 0.15) is 0 Å². The predicted molar refractivity (Wildman–Crippen MR) is 51.1 cm³/mol. The molecule has 1 heterocycles. The second-order valence-electron chi connectivity index (χ2n) is 3.40. The predicted octanol–water partition coefficient (Wildman–Crippen LogP) is 2.02. The van der Waals surface area contributed by atoms with Crippen LogP contribution in [0.1, 0.15) is 27.2 Å². The summed E-state index contributed by atoms with van der Waals surface area (Å²) in [6, 6.07) is 0. The summed E-state index contributed by atoms with van der Waals surface area (Å²) in [5.41, 5.74) is 2.94. The van der Waals surface area contributed by atoms with Crippen molar-refractivity contribution in [2.24, 2.45) is 0 Å². The van der Waals surface area contributed by atoms with Gasteiger partial charge < -0.3 is 9.64 Å². The van der Waals surface area contributed by atoms with E-state index >= 15 is 0 Å². The van der Waals surface area contributed by atoms with Gasteiger partial charge in [-0.05, 0) is 20.3 Å². The van der Waals surface area contributed by atoms with Crippen LogP contribution in [0.3, 0.4) is 0 Å². The minimum absolute atomic E-state index is 0.886. The highest BCUT2D eigenvalue weighted by Crippen LogP contribution is 2.15. The Balaban J connectivity index is 2.59. The molecule has 0 aromatic rings. The lowest BCUT2D eigenvalue weighted by atomic mass is 10.2. The molecule has 1 aliphatic heterocycles. The molecule has 0 spiro atoms. The van der Waals surface area contributed by atoms with E-state index in [4.69, 9.17) is 4.74 Å². The highest BCUT2D eigenvalue weighted by atomic mass is 16.5. The molecule has 1 fully saturated rings. The van der Waals surface area contributed by atoms with Crippen LogP contribution < -0.4 is 0 Å². The quantitative estimate of drug-likeness (QED) is 0.627. The molecule has 0 aromatic heterocycles. The first-order chi connectivity index (χ1) is 5.75. The molecule has 0 saturated carbocycles. The normalized spacial score (nSPS) is 17.8. The molecule has 0 unspecified atom stereocenters. The van der Waals surface area contributed by atoms with Gasteiger partial charge in [-0.25, -0.2) is 0 Å². The molecule has 70 valence electrons. The largest absolute Gasteiger partial charge is 0.378 e. The summed E-state index contributed by atoms with van der Waals surface area (Å²) in [6.07, 6.45) is 1.14. The minimum atomic E-state index is 0.886. The van der Waals surface area contributed by atoms with Crippen molar-refractivity contribution in [1.29, 1.82) is 0 Å². The summed E-state index contributed by atoms with van der Waals surface area (Å²) < 4.78 is 5.31. The van der Waals surface area contributed by atoms with Crippen molar-refractivity contribution >= 4 is 0 Å². The average Bonchev–Trinajstić information content (AvgIpc) is 2.07. The Labute approximate surface area is 75.2 Å². The molecule has 0 bridgehead atoms. The lowest BCUT2D eigenvalue weighted by Crippen LogP contribution is -2.35. The SMILES string of the molecule is CCC(=C(C)C)N1CCOCC1. The van der Waals surface area contributed by atoms with E-state index in [0.29, 0.717) is 0 Å². The third kappa shape index (κ3) is 2.24. The number of ether oxygens (including phenoxy) is 1. The topological polar surface area (TPSA) is 12.5 Å². The highest BCUT2D eigenvalue weighted by Gasteiger charge is 2.12. The standard InChI is InChI=1S/C10H19NO/c1-4-10(9(2)3)11-5-7-12-8-6-11/h4-8H2,1-3H3. The second-order valence-corrected chi connectivity index (χ2v) is 3.40. The van der Waals surface area contributed by atoms with E-state index < -0.39 is 0 Å². The molecule has 12 heavy (non-hydrogen) atoms. The number of nitrogens with zero attached hydrogens (tertiary/aromatic N) is 1. The fourth-order valence-corrected chi connectivity index (χ4v) is 1.73. The smallest absolute Gasteiger partial charge is 0.0642 e. The average molecular weight is 169 g/mol. The van der Waals surface area contributed by atoms with Gasteiger partial charge in [-0.1, -0.05) is 12.5 Å². The minimum Gasteiger partial charge on any atom is -0.378 e. The molecule has 0 amide bonds. The summed E-state index contributed by atoms with van der Waals surface area (Å²) in [6.45, 7) is 10.5. The zero-order valence-corrected chi connectivity index (χ0v) is 8.39. The highest BCUT2D eigenvalue weighted by molar-refractivity contribution is 5.08. The van der Waals surface area contributed by atoms with Gasteiger partial charge in [0.2, 0.25) is 0 Å². The number of allylic oxidation sites excluding steroid dienone is 2. The van der Waals surface area contributed by atoms with Crippen molar-refractivity contribution in [2.75, 3.05) is 26.3 Å².